The Morgan fingerprint density at radius 3 is 2.64 bits per heavy atom. The highest BCUT2D eigenvalue weighted by Gasteiger charge is 2.40. The van der Waals surface area contributed by atoms with E-state index in [4.69, 9.17) is 4.74 Å². The van der Waals surface area contributed by atoms with Crippen molar-refractivity contribution in [2.75, 3.05) is 37.5 Å². The molecule has 3 N–H and O–H groups in total. The van der Waals surface area contributed by atoms with E-state index in [1.807, 2.05) is 12.1 Å². The largest absolute Gasteiger partial charge is 0.494 e. The topological polar surface area (TPSA) is 170 Å². The van der Waals surface area contributed by atoms with Gasteiger partial charge in [-0.2, -0.15) is 10.2 Å². The monoisotopic (exact) mass is 718 g/mol. The molecule has 6 heterocycles. The van der Waals surface area contributed by atoms with E-state index in [2.05, 4.69) is 53.8 Å². The van der Waals surface area contributed by atoms with Crippen LogP contribution in [0, 0.1) is 0 Å². The Kier molecular flexibility index (Phi) is 9.24. The van der Waals surface area contributed by atoms with Gasteiger partial charge in [0.05, 0.1) is 30.7 Å². The number of aromatic nitrogens is 5. The van der Waals surface area contributed by atoms with E-state index >= 15 is 0 Å². The Morgan fingerprint density at radius 2 is 1.85 bits per heavy atom. The summed E-state index contributed by atoms with van der Waals surface area (Å²) in [5.41, 5.74) is 5.08. The van der Waals surface area contributed by atoms with Crippen molar-refractivity contribution in [1.29, 1.82) is 0 Å². The molecule has 0 spiro atoms. The first-order valence-electron chi connectivity index (χ1n) is 18.1. The number of carbonyl (C=O) groups excluding carboxylic acids is 4. The van der Waals surface area contributed by atoms with Gasteiger partial charge in [-0.1, -0.05) is 19.3 Å². The maximum absolute atomic E-state index is 12.8. The summed E-state index contributed by atoms with van der Waals surface area (Å²) >= 11 is 0. The minimum Gasteiger partial charge on any atom is -0.494 e. The molecular formula is C38H42N10O5. The van der Waals surface area contributed by atoms with Gasteiger partial charge in [-0.15, -0.1) is 0 Å². The number of nitrogens with one attached hydrogen (secondary N) is 3. The van der Waals surface area contributed by atoms with Crippen LogP contribution >= 0.6 is 0 Å². The molecule has 2 saturated heterocycles. The zero-order valence-corrected chi connectivity index (χ0v) is 29.7. The number of likely N-dealkylation sites (N-methyl/N-ethyl adjacent to an activating group) is 1. The van der Waals surface area contributed by atoms with Gasteiger partial charge in [0.15, 0.2) is 5.65 Å². The number of benzene rings is 2. The second kappa shape index (κ2) is 14.3. The van der Waals surface area contributed by atoms with Crippen LogP contribution in [0.2, 0.25) is 0 Å². The van der Waals surface area contributed by atoms with E-state index in [1.54, 1.807) is 53.3 Å². The first kappa shape index (κ1) is 34.3. The summed E-state index contributed by atoms with van der Waals surface area (Å²) in [6.45, 7) is 2.49. The quantitative estimate of drug-likeness (QED) is 0.211. The maximum atomic E-state index is 12.8. The Morgan fingerprint density at radius 1 is 1.02 bits per heavy atom. The Hall–Kier alpha value is -5.83. The Balaban J connectivity index is 0.000000156. The lowest BCUT2D eigenvalue weighted by molar-refractivity contribution is -0.136. The predicted molar refractivity (Wildman–Crippen MR) is 197 cm³/mol. The molecule has 4 aliphatic rings. The zero-order chi connectivity index (χ0) is 36.6. The van der Waals surface area contributed by atoms with Gasteiger partial charge in [0, 0.05) is 73.2 Å². The summed E-state index contributed by atoms with van der Waals surface area (Å²) in [7, 11) is 3.82. The van der Waals surface area contributed by atoms with E-state index in [-0.39, 0.29) is 30.0 Å². The van der Waals surface area contributed by atoms with Gasteiger partial charge >= 0.3 is 0 Å². The summed E-state index contributed by atoms with van der Waals surface area (Å²) in [6.07, 6.45) is 13.9. The number of piperidine rings is 1. The van der Waals surface area contributed by atoms with Crippen molar-refractivity contribution in [3.8, 4) is 5.75 Å². The van der Waals surface area contributed by atoms with Crippen LogP contribution in [-0.4, -0.2) is 104 Å². The van der Waals surface area contributed by atoms with Crippen LogP contribution in [-0.2, 0) is 16.1 Å². The fourth-order valence-corrected chi connectivity index (χ4v) is 7.88. The lowest BCUT2D eigenvalue weighted by atomic mass is 9.92. The van der Waals surface area contributed by atoms with Gasteiger partial charge in [-0.3, -0.25) is 34.5 Å². The second-order valence-electron chi connectivity index (χ2n) is 14.2. The van der Waals surface area contributed by atoms with E-state index in [1.165, 1.54) is 38.3 Å². The number of hydrogen-bond donors (Lipinski definition) is 3. The summed E-state index contributed by atoms with van der Waals surface area (Å²) < 4.78 is 6.88. The first-order valence-corrected chi connectivity index (χ1v) is 18.1. The van der Waals surface area contributed by atoms with Crippen molar-refractivity contribution in [3.63, 3.8) is 0 Å². The van der Waals surface area contributed by atoms with E-state index in [0.29, 0.717) is 47.2 Å². The normalized spacial score (nSPS) is 19.2. The van der Waals surface area contributed by atoms with Crippen molar-refractivity contribution < 1.29 is 23.9 Å². The third-order valence-electron chi connectivity index (χ3n) is 11.0. The van der Waals surface area contributed by atoms with E-state index < -0.39 is 6.04 Å². The molecule has 53 heavy (non-hydrogen) atoms. The van der Waals surface area contributed by atoms with Crippen molar-refractivity contribution >= 4 is 51.6 Å². The summed E-state index contributed by atoms with van der Waals surface area (Å²) in [4.78, 5) is 59.8. The number of aromatic amines is 1. The standard InChI is InChI=1S/C23H30N4O3.C15H12N6O2/c1-25(16-5-3-2-4-6-16)18-13-26(14-18)17-7-8-19-15(11-17)12-27(23(19)30)20-9-10-21(28)24-22(20)29;1-23-13-6-11-9(7-17-20-11)5-12(13)19-15(22)10-8-18-21-4-2-3-16-14(10)21/h7-8,11,16,18,20H,2-6,9-10,12-14H2,1H3,(H,24,28,29);2-8H,1H3,(H,17,20)(H,19,22). The van der Waals surface area contributed by atoms with Crippen molar-refractivity contribution in [1.82, 2.24) is 39.9 Å². The molecule has 0 radical (unpaired) electrons. The molecule has 9 rings (SSSR count). The van der Waals surface area contributed by atoms with Crippen LogP contribution in [0.5, 0.6) is 5.75 Å². The molecule has 15 heteroatoms. The molecule has 1 atom stereocenters. The van der Waals surface area contributed by atoms with E-state index in [0.717, 1.165) is 41.3 Å². The van der Waals surface area contributed by atoms with Gasteiger partial charge < -0.3 is 19.9 Å². The van der Waals surface area contributed by atoms with Gasteiger partial charge in [0.2, 0.25) is 11.8 Å². The Bertz CT molecular complexity index is 2200. The average Bonchev–Trinajstić information content (AvgIpc) is 3.88. The minimum atomic E-state index is -0.552. The molecule has 3 aromatic heterocycles. The summed E-state index contributed by atoms with van der Waals surface area (Å²) in [5.74, 6) is -0.485. The zero-order valence-electron chi connectivity index (χ0n) is 29.7. The van der Waals surface area contributed by atoms with Crippen LogP contribution in [0.3, 0.4) is 0 Å². The summed E-state index contributed by atoms with van der Waals surface area (Å²) in [6, 6.07) is 12.1. The molecule has 15 nitrogen and oxygen atoms in total. The number of fused-ring (bicyclic) bond motifs is 3. The second-order valence-corrected chi connectivity index (χ2v) is 14.2. The van der Waals surface area contributed by atoms with Crippen LogP contribution in [0.25, 0.3) is 16.6 Å². The lowest BCUT2D eigenvalue weighted by Crippen LogP contribution is -2.61. The number of methoxy groups -OCH3 is 1. The number of anilines is 2. The number of hydrogen-bond acceptors (Lipinski definition) is 10. The van der Waals surface area contributed by atoms with E-state index in [9.17, 15) is 19.2 Å². The molecule has 5 aromatic rings. The molecule has 0 bridgehead atoms. The third kappa shape index (κ3) is 6.67. The number of ether oxygens (including phenoxy) is 1. The highest BCUT2D eigenvalue weighted by Crippen LogP contribution is 2.34. The number of imide groups is 1. The molecular weight excluding hydrogens is 676 g/mol. The summed E-state index contributed by atoms with van der Waals surface area (Å²) in [5, 5.41) is 17.0. The molecule has 2 aromatic carbocycles. The minimum absolute atomic E-state index is 0.107. The highest BCUT2D eigenvalue weighted by molar-refractivity contribution is 6.09. The number of carbonyl (C=O) groups is 4. The first-order chi connectivity index (χ1) is 25.8. The van der Waals surface area contributed by atoms with Gasteiger partial charge in [-0.05, 0) is 62.2 Å². The highest BCUT2D eigenvalue weighted by atomic mass is 16.5. The fraction of sp³-hybridized carbons (Fsp3) is 0.395. The van der Waals surface area contributed by atoms with Crippen LogP contribution in [0.15, 0.2) is 61.2 Å². The number of nitrogens with zero attached hydrogens (tertiary/aromatic N) is 7. The molecule has 1 saturated carbocycles. The third-order valence-corrected chi connectivity index (χ3v) is 11.0. The van der Waals surface area contributed by atoms with Crippen LogP contribution in [0.4, 0.5) is 11.4 Å². The van der Waals surface area contributed by atoms with Crippen molar-refractivity contribution in [3.05, 3.63) is 77.9 Å². The molecule has 274 valence electrons. The number of H-pyrrole nitrogens is 1. The molecule has 4 amide bonds. The smallest absolute Gasteiger partial charge is 0.261 e. The molecule has 1 unspecified atom stereocenters. The average molecular weight is 719 g/mol. The SMILES string of the molecule is CN(C1CCCCC1)C1CN(c2ccc3c(c2)CN(C2CCC(=O)NC2=O)C3=O)C1.COc1cc2[nH]ncc2cc1NC(=O)c1cnn2cccnc12. The van der Waals surface area contributed by atoms with Gasteiger partial charge in [-0.25, -0.2) is 9.50 Å². The van der Waals surface area contributed by atoms with Crippen molar-refractivity contribution in [2.24, 2.45) is 0 Å². The van der Waals surface area contributed by atoms with Gasteiger partial charge in [0.1, 0.15) is 17.4 Å². The molecule has 1 aliphatic carbocycles. The van der Waals surface area contributed by atoms with Crippen molar-refractivity contribution in [2.45, 2.75) is 69.6 Å². The maximum Gasteiger partial charge on any atom is 0.261 e. The lowest BCUT2D eigenvalue weighted by Gasteiger charge is -2.48. The number of amides is 4. The predicted octanol–water partition coefficient (Wildman–Crippen LogP) is 3.77. The molecule has 3 aliphatic heterocycles. The fourth-order valence-electron chi connectivity index (χ4n) is 7.88. The van der Waals surface area contributed by atoms with Gasteiger partial charge in [0.25, 0.3) is 11.8 Å². The number of rotatable bonds is 7. The van der Waals surface area contributed by atoms with Crippen LogP contribution in [0.1, 0.15) is 71.2 Å². The van der Waals surface area contributed by atoms with Crippen LogP contribution < -0.4 is 20.3 Å². The Labute approximate surface area is 305 Å². The molecule has 3 fully saturated rings.